The zero-order valence-corrected chi connectivity index (χ0v) is 14.5. The molecule has 1 unspecified atom stereocenters. The summed E-state index contributed by atoms with van der Waals surface area (Å²) in [4.78, 5) is 16.2. The number of sulfonamides is 1. The zero-order valence-electron chi connectivity index (χ0n) is 13.7. The van der Waals surface area contributed by atoms with Gasteiger partial charge in [-0.3, -0.25) is 4.79 Å². The first kappa shape index (κ1) is 16.4. The van der Waals surface area contributed by atoms with Crippen LogP contribution in [0.2, 0.25) is 0 Å². The summed E-state index contributed by atoms with van der Waals surface area (Å²) in [5, 5.41) is 3.89. The van der Waals surface area contributed by atoms with Gasteiger partial charge in [0, 0.05) is 12.6 Å². The van der Waals surface area contributed by atoms with Crippen molar-refractivity contribution in [2.45, 2.75) is 10.9 Å². The Morgan fingerprint density at radius 3 is 2.62 bits per heavy atom. The molecule has 132 valence electrons. The minimum atomic E-state index is -3.85. The molecular weight excluding hydrogens is 356 g/mol. The Labute approximate surface area is 149 Å². The smallest absolute Gasteiger partial charge is 0.268 e. The van der Waals surface area contributed by atoms with Crippen molar-refractivity contribution in [1.82, 2.24) is 14.4 Å². The number of aromatic nitrogens is 2. The third kappa shape index (κ3) is 2.40. The zero-order chi connectivity index (χ0) is 18.5. The second-order valence-corrected chi connectivity index (χ2v) is 7.77. The molecular formula is C17H14N4O4S. The molecule has 2 aromatic carbocycles. The molecule has 0 saturated heterocycles. The summed E-state index contributed by atoms with van der Waals surface area (Å²) in [6, 6.07) is 13.1. The van der Waals surface area contributed by atoms with E-state index in [0.29, 0.717) is 9.87 Å². The maximum Gasteiger partial charge on any atom is 0.268 e. The summed E-state index contributed by atoms with van der Waals surface area (Å²) in [5.74, 6) is -0.155. The monoisotopic (exact) mass is 370 g/mol. The Morgan fingerprint density at radius 1 is 1.15 bits per heavy atom. The third-order valence-electron chi connectivity index (χ3n) is 4.26. The van der Waals surface area contributed by atoms with Gasteiger partial charge in [0.1, 0.15) is 4.90 Å². The van der Waals surface area contributed by atoms with Crippen LogP contribution >= 0.6 is 0 Å². The first-order valence-corrected chi connectivity index (χ1v) is 9.15. The van der Waals surface area contributed by atoms with E-state index in [-0.39, 0.29) is 22.2 Å². The van der Waals surface area contributed by atoms with Crippen molar-refractivity contribution in [3.63, 3.8) is 0 Å². The highest BCUT2D eigenvalue weighted by Crippen LogP contribution is 2.32. The van der Waals surface area contributed by atoms with Crippen LogP contribution < -0.4 is 5.73 Å². The van der Waals surface area contributed by atoms with Gasteiger partial charge in [-0.25, -0.2) is 12.7 Å². The highest BCUT2D eigenvalue weighted by atomic mass is 32.2. The van der Waals surface area contributed by atoms with Gasteiger partial charge in [-0.2, -0.15) is 4.98 Å². The molecule has 1 aliphatic rings. The predicted molar refractivity (Wildman–Crippen MR) is 91.5 cm³/mol. The lowest BCUT2D eigenvalue weighted by molar-refractivity contribution is 0.0891. The fraction of sp³-hybridized carbons (Fsp3) is 0.118. The molecule has 2 heterocycles. The molecule has 0 spiro atoms. The number of fused-ring (bicyclic) bond motifs is 1. The topological polar surface area (TPSA) is 119 Å². The van der Waals surface area contributed by atoms with E-state index in [1.165, 1.54) is 19.2 Å². The van der Waals surface area contributed by atoms with Gasteiger partial charge in [0.15, 0.2) is 5.82 Å². The molecule has 0 saturated carbocycles. The summed E-state index contributed by atoms with van der Waals surface area (Å²) in [6.45, 7) is 0. The minimum Gasteiger partial charge on any atom is -0.334 e. The first-order chi connectivity index (χ1) is 12.4. The molecule has 26 heavy (non-hydrogen) atoms. The Morgan fingerprint density at radius 2 is 1.88 bits per heavy atom. The fourth-order valence-electron chi connectivity index (χ4n) is 2.76. The number of hydrogen-bond acceptors (Lipinski definition) is 7. The highest BCUT2D eigenvalue weighted by Gasteiger charge is 2.39. The second-order valence-electron chi connectivity index (χ2n) is 5.83. The van der Waals surface area contributed by atoms with E-state index in [9.17, 15) is 13.2 Å². The average Bonchev–Trinajstić information content (AvgIpc) is 3.21. The Hall–Kier alpha value is -3.04. The Bertz CT molecular complexity index is 1110. The quantitative estimate of drug-likeness (QED) is 0.743. The molecule has 0 fully saturated rings. The van der Waals surface area contributed by atoms with Crippen LogP contribution in [0.4, 0.5) is 0 Å². The van der Waals surface area contributed by atoms with Crippen LogP contribution in [0.3, 0.4) is 0 Å². The molecule has 2 N–H and O–H groups in total. The predicted octanol–water partition coefficient (Wildman–Crippen LogP) is 1.56. The molecule has 1 atom stereocenters. The number of hydrogen-bond donors (Lipinski definition) is 1. The van der Waals surface area contributed by atoms with Gasteiger partial charge in [-0.15, -0.1) is 0 Å². The van der Waals surface area contributed by atoms with Crippen LogP contribution in [0.25, 0.3) is 11.5 Å². The molecule has 4 rings (SSSR count). The van der Waals surface area contributed by atoms with Crippen LogP contribution in [-0.2, 0) is 10.0 Å². The molecule has 1 amide bonds. The van der Waals surface area contributed by atoms with Crippen molar-refractivity contribution < 1.29 is 17.7 Å². The molecule has 8 nitrogen and oxygen atoms in total. The van der Waals surface area contributed by atoms with E-state index in [1.54, 1.807) is 6.07 Å². The first-order valence-electron chi connectivity index (χ1n) is 7.71. The van der Waals surface area contributed by atoms with Gasteiger partial charge in [-0.1, -0.05) is 35.5 Å². The van der Waals surface area contributed by atoms with Gasteiger partial charge < -0.3 is 10.3 Å². The van der Waals surface area contributed by atoms with Crippen molar-refractivity contribution in [3.05, 3.63) is 65.5 Å². The van der Waals surface area contributed by atoms with Crippen molar-refractivity contribution in [2.24, 2.45) is 5.73 Å². The van der Waals surface area contributed by atoms with Crippen molar-refractivity contribution in [3.8, 4) is 11.5 Å². The van der Waals surface area contributed by atoms with Gasteiger partial charge in [0.2, 0.25) is 0 Å². The van der Waals surface area contributed by atoms with Gasteiger partial charge in [0.25, 0.3) is 21.8 Å². The number of nitrogens with two attached hydrogens (primary N) is 1. The van der Waals surface area contributed by atoms with E-state index in [4.69, 9.17) is 10.3 Å². The number of amides is 1. The SMILES string of the molecule is CN1C(=O)c2ccc(-c3nc(C(N)c4ccccc4)no3)cc2S1(=O)=O. The number of rotatable bonds is 3. The number of carbonyl (C=O) groups is 1. The van der Waals surface area contributed by atoms with E-state index in [0.717, 1.165) is 5.56 Å². The van der Waals surface area contributed by atoms with Crippen LogP contribution in [0.1, 0.15) is 27.8 Å². The van der Waals surface area contributed by atoms with Crippen LogP contribution in [0.15, 0.2) is 57.9 Å². The summed E-state index contributed by atoms with van der Waals surface area (Å²) in [6.07, 6.45) is 0. The average molecular weight is 370 g/mol. The lowest BCUT2D eigenvalue weighted by atomic mass is 10.1. The molecule has 3 aromatic rings. The third-order valence-corrected chi connectivity index (χ3v) is 6.04. The summed E-state index contributed by atoms with van der Waals surface area (Å²) in [7, 11) is -2.62. The minimum absolute atomic E-state index is 0.0744. The van der Waals surface area contributed by atoms with Crippen LogP contribution in [-0.4, -0.2) is 35.8 Å². The van der Waals surface area contributed by atoms with Crippen molar-refractivity contribution >= 4 is 15.9 Å². The fourth-order valence-corrected chi connectivity index (χ4v) is 4.08. The molecule has 9 heteroatoms. The Balaban J connectivity index is 1.72. The molecule has 1 aromatic heterocycles. The van der Waals surface area contributed by atoms with E-state index in [1.807, 2.05) is 30.3 Å². The number of carbonyl (C=O) groups excluding carboxylic acids is 1. The summed E-state index contributed by atoms with van der Waals surface area (Å²) < 4.78 is 30.5. The lowest BCUT2D eigenvalue weighted by Crippen LogP contribution is -2.24. The van der Waals surface area contributed by atoms with E-state index < -0.39 is 22.0 Å². The van der Waals surface area contributed by atoms with Crippen LogP contribution in [0.5, 0.6) is 0 Å². The second kappa shape index (κ2) is 5.75. The maximum absolute atomic E-state index is 12.3. The van der Waals surface area contributed by atoms with Gasteiger partial charge in [0.05, 0.1) is 11.6 Å². The molecule has 0 aliphatic carbocycles. The lowest BCUT2D eigenvalue weighted by Gasteiger charge is -2.06. The van der Waals surface area contributed by atoms with Crippen molar-refractivity contribution in [2.75, 3.05) is 7.05 Å². The highest BCUT2D eigenvalue weighted by molar-refractivity contribution is 7.90. The Kier molecular flexibility index (Phi) is 3.63. The van der Waals surface area contributed by atoms with Gasteiger partial charge >= 0.3 is 0 Å². The largest absolute Gasteiger partial charge is 0.334 e. The van der Waals surface area contributed by atoms with E-state index >= 15 is 0 Å². The molecule has 0 radical (unpaired) electrons. The van der Waals surface area contributed by atoms with E-state index in [2.05, 4.69) is 10.1 Å². The van der Waals surface area contributed by atoms with Crippen LogP contribution in [0, 0.1) is 0 Å². The van der Waals surface area contributed by atoms with Crippen molar-refractivity contribution in [1.29, 1.82) is 0 Å². The number of benzene rings is 2. The summed E-state index contributed by atoms with van der Waals surface area (Å²) in [5.41, 5.74) is 7.49. The number of nitrogens with zero attached hydrogens (tertiary/aromatic N) is 3. The maximum atomic E-state index is 12.3. The summed E-state index contributed by atoms with van der Waals surface area (Å²) >= 11 is 0. The molecule has 0 bridgehead atoms. The molecule has 1 aliphatic heterocycles. The van der Waals surface area contributed by atoms with Gasteiger partial charge in [-0.05, 0) is 23.8 Å². The standard InChI is InChI=1S/C17H14N4O4S/c1-21-17(22)12-8-7-11(9-13(12)26(21,23)24)16-19-15(20-25-16)14(18)10-5-3-2-4-6-10/h2-9,14H,18H2,1H3. The normalized spacial score (nSPS) is 16.5.